The molecule has 4 nitrogen and oxygen atoms in total. The highest BCUT2D eigenvalue weighted by Crippen LogP contribution is 2.35. The minimum atomic E-state index is -0.323. The fourth-order valence-corrected chi connectivity index (χ4v) is 3.80. The maximum absolute atomic E-state index is 12.2. The van der Waals surface area contributed by atoms with Gasteiger partial charge in [-0.3, -0.25) is 0 Å². The molecule has 26 heavy (non-hydrogen) atoms. The van der Waals surface area contributed by atoms with Gasteiger partial charge in [-0.15, -0.1) is 0 Å². The number of fused-ring (bicyclic) bond motifs is 2. The molecule has 0 saturated carbocycles. The zero-order valence-corrected chi connectivity index (χ0v) is 14.7. The van der Waals surface area contributed by atoms with E-state index in [0.717, 1.165) is 11.1 Å². The van der Waals surface area contributed by atoms with E-state index in [1.165, 1.54) is 29.0 Å². The molecule has 0 aliphatic carbocycles. The zero-order chi connectivity index (χ0) is 18.1. The second-order valence-electron chi connectivity index (χ2n) is 6.70. The number of aliphatic hydroxyl groups is 1. The van der Waals surface area contributed by atoms with Gasteiger partial charge in [-0.1, -0.05) is 60.7 Å². The monoisotopic (exact) mass is 347 g/mol. The zero-order valence-electron chi connectivity index (χ0n) is 14.7. The van der Waals surface area contributed by atoms with E-state index in [9.17, 15) is 9.90 Å². The molecule has 1 atom stereocenters. The molecule has 3 aromatic carbocycles. The van der Waals surface area contributed by atoms with Gasteiger partial charge in [0.1, 0.15) is 0 Å². The van der Waals surface area contributed by atoms with Crippen LogP contribution in [0.25, 0.3) is 10.8 Å². The molecule has 4 heteroatoms. The van der Waals surface area contributed by atoms with Crippen molar-refractivity contribution < 1.29 is 14.6 Å². The van der Waals surface area contributed by atoms with Crippen molar-refractivity contribution in [1.82, 2.24) is 4.90 Å². The van der Waals surface area contributed by atoms with Crippen molar-refractivity contribution in [1.29, 1.82) is 0 Å². The maximum Gasteiger partial charge on any atom is 0.409 e. The summed E-state index contributed by atoms with van der Waals surface area (Å²) in [5, 5.41) is 11.8. The maximum atomic E-state index is 12.2. The van der Waals surface area contributed by atoms with Gasteiger partial charge in [0.05, 0.1) is 13.7 Å². The van der Waals surface area contributed by atoms with Gasteiger partial charge in [0.25, 0.3) is 0 Å². The topological polar surface area (TPSA) is 49.8 Å². The number of aliphatic hydroxyl groups excluding tert-OH is 1. The first-order chi connectivity index (χ1) is 12.7. The second kappa shape index (κ2) is 6.81. The molecule has 0 unspecified atom stereocenters. The normalized spacial score (nSPS) is 16.4. The largest absolute Gasteiger partial charge is 0.453 e. The molecule has 0 aromatic heterocycles. The van der Waals surface area contributed by atoms with Crippen LogP contribution in [0.3, 0.4) is 0 Å². The number of hydrogen-bond donors (Lipinski definition) is 1. The Hall–Kier alpha value is -2.85. The van der Waals surface area contributed by atoms with Crippen LogP contribution in [0.2, 0.25) is 0 Å². The highest BCUT2D eigenvalue weighted by molar-refractivity contribution is 5.83. The second-order valence-corrected chi connectivity index (χ2v) is 6.70. The molecule has 1 heterocycles. The number of methoxy groups -OCH3 is 1. The van der Waals surface area contributed by atoms with Crippen molar-refractivity contribution in [2.45, 2.75) is 19.1 Å². The van der Waals surface area contributed by atoms with E-state index in [0.29, 0.717) is 13.1 Å². The summed E-state index contributed by atoms with van der Waals surface area (Å²) in [4.78, 5) is 13.9. The molecule has 3 aromatic rings. The van der Waals surface area contributed by atoms with Crippen molar-refractivity contribution in [3.63, 3.8) is 0 Å². The van der Waals surface area contributed by atoms with Crippen molar-refractivity contribution in [2.24, 2.45) is 0 Å². The molecule has 132 valence electrons. The Morgan fingerprint density at radius 2 is 1.92 bits per heavy atom. The van der Waals surface area contributed by atoms with Crippen LogP contribution in [0.4, 0.5) is 4.79 Å². The SMILES string of the molecule is COC(=O)N1Cc2cc(CO)ccc2[C@H](c2ccc3ccccc3c2)C1. The molecule has 0 spiro atoms. The lowest BCUT2D eigenvalue weighted by Gasteiger charge is -2.34. The minimum Gasteiger partial charge on any atom is -0.453 e. The molecule has 1 aliphatic heterocycles. The van der Waals surface area contributed by atoms with Crippen LogP contribution in [-0.4, -0.2) is 29.8 Å². The van der Waals surface area contributed by atoms with Crippen LogP contribution in [0.15, 0.2) is 60.7 Å². The van der Waals surface area contributed by atoms with Crippen LogP contribution in [-0.2, 0) is 17.9 Å². The van der Waals surface area contributed by atoms with Gasteiger partial charge in [0.2, 0.25) is 0 Å². The predicted molar refractivity (Wildman–Crippen MR) is 101 cm³/mol. The van der Waals surface area contributed by atoms with Gasteiger partial charge in [-0.2, -0.15) is 0 Å². The Kier molecular flexibility index (Phi) is 4.35. The van der Waals surface area contributed by atoms with Crippen molar-refractivity contribution in [3.05, 3.63) is 82.9 Å². The summed E-state index contributed by atoms with van der Waals surface area (Å²) in [5.74, 6) is 0.0789. The van der Waals surface area contributed by atoms with Gasteiger partial charge in [0.15, 0.2) is 0 Å². The lowest BCUT2D eigenvalue weighted by atomic mass is 9.83. The number of carbonyl (C=O) groups is 1. The molecule has 0 radical (unpaired) electrons. The fourth-order valence-electron chi connectivity index (χ4n) is 3.80. The molecule has 1 aliphatic rings. The molecular formula is C22H21NO3. The van der Waals surface area contributed by atoms with Crippen molar-refractivity contribution in [2.75, 3.05) is 13.7 Å². The van der Waals surface area contributed by atoms with Crippen molar-refractivity contribution >= 4 is 16.9 Å². The molecule has 1 amide bonds. The van der Waals surface area contributed by atoms with E-state index >= 15 is 0 Å². The Morgan fingerprint density at radius 3 is 2.69 bits per heavy atom. The summed E-state index contributed by atoms with van der Waals surface area (Å²) < 4.78 is 4.95. The quantitative estimate of drug-likeness (QED) is 0.761. The number of amides is 1. The first-order valence-electron chi connectivity index (χ1n) is 8.73. The molecular weight excluding hydrogens is 326 g/mol. The third-order valence-electron chi connectivity index (χ3n) is 5.14. The number of carbonyl (C=O) groups excluding carboxylic acids is 1. The summed E-state index contributed by atoms with van der Waals surface area (Å²) in [6, 6.07) is 20.8. The van der Waals surface area contributed by atoms with Gasteiger partial charge in [-0.25, -0.2) is 4.79 Å². The van der Waals surface area contributed by atoms with Crippen LogP contribution in [0, 0.1) is 0 Å². The number of hydrogen-bond acceptors (Lipinski definition) is 3. The number of rotatable bonds is 2. The van der Waals surface area contributed by atoms with Gasteiger partial charge in [-0.05, 0) is 33.0 Å². The highest BCUT2D eigenvalue weighted by atomic mass is 16.5. The predicted octanol–water partition coefficient (Wildman–Crippen LogP) is 4.05. The van der Waals surface area contributed by atoms with E-state index in [-0.39, 0.29) is 18.6 Å². The summed E-state index contributed by atoms with van der Waals surface area (Å²) in [6.45, 7) is 1.07. The number of benzene rings is 3. The summed E-state index contributed by atoms with van der Waals surface area (Å²) in [5.41, 5.74) is 4.30. The first-order valence-corrected chi connectivity index (χ1v) is 8.73. The van der Waals surface area contributed by atoms with Gasteiger partial charge in [0, 0.05) is 19.0 Å². The Bertz CT molecular complexity index is 967. The molecule has 4 rings (SSSR count). The molecule has 0 saturated heterocycles. The molecule has 1 N–H and O–H groups in total. The number of nitrogens with zero attached hydrogens (tertiary/aromatic N) is 1. The standard InChI is InChI=1S/C22H21NO3/c1-26-22(25)23-12-19-10-15(14-24)6-9-20(19)21(13-23)18-8-7-16-4-2-3-5-17(16)11-18/h2-11,21,24H,12-14H2,1H3/t21-/m0/s1. The van der Waals surface area contributed by atoms with Crippen molar-refractivity contribution in [3.8, 4) is 0 Å². The van der Waals surface area contributed by atoms with Gasteiger partial charge >= 0.3 is 6.09 Å². The lowest BCUT2D eigenvalue weighted by molar-refractivity contribution is 0.116. The minimum absolute atomic E-state index is 0.00779. The Balaban J connectivity index is 1.81. The lowest BCUT2D eigenvalue weighted by Crippen LogP contribution is -2.38. The van der Waals surface area contributed by atoms with Crippen LogP contribution in [0.1, 0.15) is 28.2 Å². The summed E-state index contributed by atoms with van der Waals surface area (Å²) in [7, 11) is 1.41. The average molecular weight is 347 g/mol. The van der Waals surface area contributed by atoms with Crippen LogP contribution in [0.5, 0.6) is 0 Å². The smallest absolute Gasteiger partial charge is 0.409 e. The molecule has 0 fully saturated rings. The van der Waals surface area contributed by atoms with E-state index in [2.05, 4.69) is 36.4 Å². The Morgan fingerprint density at radius 1 is 1.12 bits per heavy atom. The first kappa shape index (κ1) is 16.6. The van der Waals surface area contributed by atoms with Crippen LogP contribution >= 0.6 is 0 Å². The van der Waals surface area contributed by atoms with E-state index in [4.69, 9.17) is 4.74 Å². The highest BCUT2D eigenvalue weighted by Gasteiger charge is 2.30. The summed E-state index contributed by atoms with van der Waals surface area (Å²) >= 11 is 0. The summed E-state index contributed by atoms with van der Waals surface area (Å²) in [6.07, 6.45) is -0.323. The fraction of sp³-hybridized carbons (Fsp3) is 0.227. The Labute approximate surface area is 152 Å². The van der Waals surface area contributed by atoms with E-state index in [1.807, 2.05) is 24.3 Å². The van der Waals surface area contributed by atoms with E-state index < -0.39 is 0 Å². The van der Waals surface area contributed by atoms with E-state index in [1.54, 1.807) is 4.90 Å². The third-order valence-corrected chi connectivity index (χ3v) is 5.14. The van der Waals surface area contributed by atoms with Crippen LogP contribution < -0.4 is 0 Å². The number of ether oxygens (including phenoxy) is 1. The average Bonchev–Trinajstić information content (AvgIpc) is 2.71. The third kappa shape index (κ3) is 2.93. The molecule has 0 bridgehead atoms. The van der Waals surface area contributed by atoms with Gasteiger partial charge < -0.3 is 14.7 Å².